The zero-order valence-electron chi connectivity index (χ0n) is 10.5. The SMILES string of the molecule is C=CC(=O)N[C@@H](NC(=S)Nc1ccc(F)cc1)C(Cl)(Cl)Cl. The summed E-state index contributed by atoms with van der Waals surface area (Å²) in [5, 5.41) is 7.87. The molecule has 0 unspecified atom stereocenters. The predicted molar refractivity (Wildman–Crippen MR) is 88.2 cm³/mol. The lowest BCUT2D eigenvalue weighted by atomic mass is 10.3. The van der Waals surface area contributed by atoms with Crippen LogP contribution in [0.2, 0.25) is 0 Å². The zero-order chi connectivity index (χ0) is 16.0. The lowest BCUT2D eigenvalue weighted by Gasteiger charge is -2.27. The molecule has 3 N–H and O–H groups in total. The maximum atomic E-state index is 12.8. The van der Waals surface area contributed by atoms with Gasteiger partial charge >= 0.3 is 0 Å². The first-order valence-corrected chi connectivity index (χ1v) is 7.09. The highest BCUT2D eigenvalue weighted by atomic mass is 35.6. The van der Waals surface area contributed by atoms with Crippen LogP contribution >= 0.6 is 47.0 Å². The average molecular weight is 371 g/mol. The number of nitrogens with one attached hydrogen (secondary N) is 3. The van der Waals surface area contributed by atoms with Crippen molar-refractivity contribution in [2.45, 2.75) is 9.96 Å². The second-order valence-electron chi connectivity index (χ2n) is 3.79. The first-order chi connectivity index (χ1) is 9.72. The number of thiocarbonyl (C=S) groups is 1. The molecule has 0 fully saturated rings. The Kier molecular flexibility index (Phi) is 6.67. The number of carbonyl (C=O) groups excluding carboxylic acids is 1. The Morgan fingerprint density at radius 1 is 1.29 bits per heavy atom. The van der Waals surface area contributed by atoms with Gasteiger partial charge in [-0.2, -0.15) is 0 Å². The fourth-order valence-electron chi connectivity index (χ4n) is 1.23. The summed E-state index contributed by atoms with van der Waals surface area (Å²) >= 11 is 22.3. The second-order valence-corrected chi connectivity index (χ2v) is 6.57. The maximum absolute atomic E-state index is 12.8. The summed E-state index contributed by atoms with van der Waals surface area (Å²) in [6.07, 6.45) is -0.0462. The predicted octanol–water partition coefficient (Wildman–Crippen LogP) is 3.11. The molecule has 1 aromatic rings. The minimum absolute atomic E-state index is 0.0855. The van der Waals surface area contributed by atoms with Gasteiger partial charge in [-0.3, -0.25) is 4.79 Å². The van der Waals surface area contributed by atoms with Crippen LogP contribution in [0.25, 0.3) is 0 Å². The van der Waals surface area contributed by atoms with E-state index in [-0.39, 0.29) is 10.9 Å². The number of carbonyl (C=O) groups is 1. The van der Waals surface area contributed by atoms with E-state index >= 15 is 0 Å². The standard InChI is InChI=1S/C12H11Cl3FN3OS/c1-2-9(20)18-10(12(13,14)15)19-11(21)17-8-5-3-7(16)4-6-8/h2-6,10H,1H2,(H,18,20)(H2,17,19,21)/t10-/m0/s1. The minimum atomic E-state index is -1.84. The number of anilines is 1. The molecule has 0 saturated carbocycles. The molecule has 9 heteroatoms. The van der Waals surface area contributed by atoms with E-state index < -0.39 is 15.9 Å². The highest BCUT2D eigenvalue weighted by Crippen LogP contribution is 2.29. The van der Waals surface area contributed by atoms with Crippen molar-refractivity contribution in [3.05, 3.63) is 42.7 Å². The summed E-state index contributed by atoms with van der Waals surface area (Å²) in [5.41, 5.74) is 0.534. The van der Waals surface area contributed by atoms with E-state index in [1.54, 1.807) is 0 Å². The van der Waals surface area contributed by atoms with Gasteiger partial charge < -0.3 is 16.0 Å². The maximum Gasteiger partial charge on any atom is 0.245 e. The monoisotopic (exact) mass is 369 g/mol. The highest BCUT2D eigenvalue weighted by Gasteiger charge is 2.34. The normalized spacial score (nSPS) is 12.2. The molecular formula is C12H11Cl3FN3OS. The van der Waals surface area contributed by atoms with E-state index in [2.05, 4.69) is 22.5 Å². The third kappa shape index (κ3) is 6.48. The van der Waals surface area contributed by atoms with Crippen LogP contribution in [-0.4, -0.2) is 21.0 Å². The molecule has 4 nitrogen and oxygen atoms in total. The minimum Gasteiger partial charge on any atom is -0.339 e. The van der Waals surface area contributed by atoms with Crippen LogP contribution in [0.5, 0.6) is 0 Å². The van der Waals surface area contributed by atoms with Crippen molar-refractivity contribution < 1.29 is 9.18 Å². The lowest BCUT2D eigenvalue weighted by molar-refractivity contribution is -0.117. The van der Waals surface area contributed by atoms with Gasteiger partial charge in [0.15, 0.2) is 5.11 Å². The molecule has 0 aliphatic heterocycles. The summed E-state index contributed by atoms with van der Waals surface area (Å²) < 4.78 is 10.9. The molecule has 1 rings (SSSR count). The fourth-order valence-corrected chi connectivity index (χ4v) is 1.80. The Morgan fingerprint density at radius 3 is 2.33 bits per heavy atom. The van der Waals surface area contributed by atoms with Crippen molar-refractivity contribution in [2.24, 2.45) is 0 Å². The fraction of sp³-hybridized carbons (Fsp3) is 0.167. The Morgan fingerprint density at radius 2 is 1.86 bits per heavy atom. The van der Waals surface area contributed by atoms with Gasteiger partial charge in [-0.05, 0) is 42.6 Å². The van der Waals surface area contributed by atoms with E-state index in [1.165, 1.54) is 24.3 Å². The van der Waals surface area contributed by atoms with Crippen molar-refractivity contribution in [3.63, 3.8) is 0 Å². The number of rotatable bonds is 4. The molecule has 0 spiro atoms. The Hall–Kier alpha value is -1.08. The number of hydrogen-bond donors (Lipinski definition) is 3. The summed E-state index contributed by atoms with van der Waals surface area (Å²) in [4.78, 5) is 11.3. The summed E-state index contributed by atoms with van der Waals surface area (Å²) in [6.45, 7) is 3.30. The summed E-state index contributed by atoms with van der Waals surface area (Å²) in [5.74, 6) is -0.916. The van der Waals surface area contributed by atoms with Crippen molar-refractivity contribution in [1.82, 2.24) is 10.6 Å². The van der Waals surface area contributed by atoms with Crippen LogP contribution in [0, 0.1) is 5.82 Å². The first kappa shape index (κ1) is 18.0. The molecule has 1 amide bonds. The third-order valence-corrected chi connectivity index (χ3v) is 3.05. The number of halogens is 4. The molecule has 0 heterocycles. The van der Waals surface area contributed by atoms with E-state index in [0.29, 0.717) is 5.69 Å². The van der Waals surface area contributed by atoms with E-state index in [0.717, 1.165) is 6.08 Å². The van der Waals surface area contributed by atoms with Gasteiger partial charge in [0, 0.05) is 5.69 Å². The van der Waals surface area contributed by atoms with Crippen LogP contribution in [-0.2, 0) is 4.79 Å². The van der Waals surface area contributed by atoms with E-state index in [4.69, 9.17) is 47.0 Å². The van der Waals surface area contributed by atoms with Crippen LogP contribution in [0.4, 0.5) is 10.1 Å². The second kappa shape index (κ2) is 7.79. The van der Waals surface area contributed by atoms with Gasteiger partial charge in [0.2, 0.25) is 9.70 Å². The molecule has 0 aliphatic rings. The van der Waals surface area contributed by atoms with E-state index in [1.807, 2.05) is 0 Å². The number of amides is 1. The Balaban J connectivity index is 2.69. The van der Waals surface area contributed by atoms with Crippen LogP contribution in [0.15, 0.2) is 36.9 Å². The van der Waals surface area contributed by atoms with Crippen molar-refractivity contribution in [2.75, 3.05) is 5.32 Å². The van der Waals surface area contributed by atoms with Gasteiger partial charge in [0.25, 0.3) is 0 Å². The van der Waals surface area contributed by atoms with E-state index in [9.17, 15) is 9.18 Å². The average Bonchev–Trinajstić information content (AvgIpc) is 2.39. The molecule has 21 heavy (non-hydrogen) atoms. The molecule has 0 aliphatic carbocycles. The van der Waals surface area contributed by atoms with Crippen LogP contribution < -0.4 is 16.0 Å². The molecule has 0 aromatic heterocycles. The van der Waals surface area contributed by atoms with Gasteiger partial charge in [-0.1, -0.05) is 41.4 Å². The van der Waals surface area contributed by atoms with Gasteiger partial charge in [-0.15, -0.1) is 0 Å². The largest absolute Gasteiger partial charge is 0.339 e. The smallest absolute Gasteiger partial charge is 0.245 e. The van der Waals surface area contributed by atoms with Crippen molar-refractivity contribution in [3.8, 4) is 0 Å². The quantitative estimate of drug-likeness (QED) is 0.330. The summed E-state index contributed by atoms with van der Waals surface area (Å²) in [7, 11) is 0. The molecule has 1 atom stereocenters. The van der Waals surface area contributed by atoms with Crippen LogP contribution in [0.1, 0.15) is 0 Å². The number of alkyl halides is 3. The third-order valence-electron chi connectivity index (χ3n) is 2.18. The van der Waals surface area contributed by atoms with Crippen LogP contribution in [0.3, 0.4) is 0 Å². The molecule has 0 saturated heterocycles. The zero-order valence-corrected chi connectivity index (χ0v) is 13.6. The summed E-state index contributed by atoms with van der Waals surface area (Å²) in [6, 6.07) is 5.49. The van der Waals surface area contributed by atoms with Crippen molar-refractivity contribution >= 4 is 63.7 Å². The Bertz CT molecular complexity index is 534. The van der Waals surface area contributed by atoms with Crippen molar-refractivity contribution in [1.29, 1.82) is 0 Å². The van der Waals surface area contributed by atoms with Gasteiger partial charge in [0.1, 0.15) is 12.0 Å². The molecule has 0 radical (unpaired) electrons. The lowest BCUT2D eigenvalue weighted by Crippen LogP contribution is -2.55. The molecule has 0 bridgehead atoms. The molecule has 1 aromatic carbocycles. The molecular weight excluding hydrogens is 360 g/mol. The highest BCUT2D eigenvalue weighted by molar-refractivity contribution is 7.80. The molecule has 114 valence electrons. The number of benzene rings is 1. The first-order valence-electron chi connectivity index (χ1n) is 5.55. The van der Waals surface area contributed by atoms with Gasteiger partial charge in [-0.25, -0.2) is 4.39 Å². The topological polar surface area (TPSA) is 53.2 Å². The number of hydrogen-bond acceptors (Lipinski definition) is 2. The Labute approximate surface area is 141 Å². The van der Waals surface area contributed by atoms with Gasteiger partial charge in [0.05, 0.1) is 0 Å².